The normalized spacial score (nSPS) is 10.0. The third kappa shape index (κ3) is 10.5. The van der Waals surface area contributed by atoms with Gasteiger partial charge in [-0.15, -0.1) is 46.2 Å². The van der Waals surface area contributed by atoms with Crippen molar-refractivity contribution in [1.29, 1.82) is 0 Å². The van der Waals surface area contributed by atoms with E-state index < -0.39 is 0 Å². The minimum atomic E-state index is 0. The first-order valence-electron chi connectivity index (χ1n) is 11.4. The number of allylic oxidation sites excluding steroid dienone is 4. The van der Waals surface area contributed by atoms with Gasteiger partial charge in [-0.3, -0.25) is 6.08 Å². The first-order valence-corrected chi connectivity index (χ1v) is 11.4. The summed E-state index contributed by atoms with van der Waals surface area (Å²) < 4.78 is 0. The van der Waals surface area contributed by atoms with Crippen molar-refractivity contribution in [3.8, 4) is 0 Å². The Balaban J connectivity index is 0.000000547. The van der Waals surface area contributed by atoms with Gasteiger partial charge in [0, 0.05) is 0 Å². The maximum absolute atomic E-state index is 2.99. The fraction of sp³-hybridized carbons (Fsp3) is 0.0571. The average Bonchev–Trinajstić information content (AvgIpc) is 3.63. The quantitative estimate of drug-likeness (QED) is 0.229. The molecule has 38 heavy (non-hydrogen) atoms. The Morgan fingerprint density at radius 2 is 1.16 bits per heavy atom. The fourth-order valence-corrected chi connectivity index (χ4v) is 3.75. The van der Waals surface area contributed by atoms with E-state index in [4.69, 9.17) is 0 Å². The number of hydrogen-bond donors (Lipinski definition) is 0. The molecule has 0 N–H and O–H groups in total. The van der Waals surface area contributed by atoms with Gasteiger partial charge in [0.05, 0.1) is 0 Å². The SMILES string of the molecule is C.[C-]1=CC=CC1.[Cl-].[Cl-].[Zr+2].[c-]1ccccc1.[c-]1ccccc1.c1ccc2c(c1)ccc1[cH-]c3ccccc3c12. The van der Waals surface area contributed by atoms with E-state index >= 15 is 0 Å². The number of halogens is 2. The standard InChI is InChI=1S/C17H11.2C6H5.C5H5.CH4.2ClH.Zr/c1-3-7-15-12(5-1)9-10-14-11-13-6-2-4-8-16(13)17(14)15;2*1-2-4-6-5-3-1;1-2-4-5-3-1;;;;/h1-11H;2*1-5H;1-3H,4H2;1H4;2*1H;/q4*-1;;;;+2/p-2. The van der Waals surface area contributed by atoms with Crippen molar-refractivity contribution in [2.24, 2.45) is 0 Å². The summed E-state index contributed by atoms with van der Waals surface area (Å²) in [6.07, 6.45) is 10.0. The summed E-state index contributed by atoms with van der Waals surface area (Å²) in [5.74, 6) is 0. The van der Waals surface area contributed by atoms with Crippen LogP contribution in [0.1, 0.15) is 13.8 Å². The van der Waals surface area contributed by atoms with Crippen molar-refractivity contribution in [3.63, 3.8) is 0 Å². The topological polar surface area (TPSA) is 0 Å². The summed E-state index contributed by atoms with van der Waals surface area (Å²) in [7, 11) is 0. The molecule has 6 aromatic carbocycles. The maximum Gasteiger partial charge on any atom is 2.00 e. The van der Waals surface area contributed by atoms with E-state index in [2.05, 4.69) is 91.0 Å². The van der Waals surface area contributed by atoms with E-state index in [-0.39, 0.29) is 58.4 Å². The molecule has 1 aliphatic carbocycles. The molecular weight excluding hydrogens is 583 g/mol. The van der Waals surface area contributed by atoms with Gasteiger partial charge < -0.3 is 24.8 Å². The molecule has 1 aliphatic rings. The van der Waals surface area contributed by atoms with Crippen LogP contribution < -0.4 is 24.8 Å². The molecular formula is C35H30Cl2Zr-4. The molecule has 192 valence electrons. The number of hydrogen-bond acceptors (Lipinski definition) is 0. The predicted molar refractivity (Wildman–Crippen MR) is 153 cm³/mol. The van der Waals surface area contributed by atoms with E-state index in [1.54, 1.807) is 0 Å². The van der Waals surface area contributed by atoms with Gasteiger partial charge in [-0.05, 0) is 5.39 Å². The van der Waals surface area contributed by atoms with Crippen LogP contribution in [0.4, 0.5) is 0 Å². The number of benzene rings is 5. The van der Waals surface area contributed by atoms with Gasteiger partial charge in [0.15, 0.2) is 0 Å². The Kier molecular flexibility index (Phi) is 18.7. The van der Waals surface area contributed by atoms with Crippen LogP contribution in [-0.2, 0) is 26.2 Å². The largest absolute Gasteiger partial charge is 2.00 e. The molecule has 7 rings (SSSR count). The van der Waals surface area contributed by atoms with Crippen LogP contribution in [0.15, 0.2) is 146 Å². The van der Waals surface area contributed by atoms with Crippen molar-refractivity contribution in [2.75, 3.05) is 0 Å². The molecule has 0 amide bonds. The third-order valence-corrected chi connectivity index (χ3v) is 5.30. The van der Waals surface area contributed by atoms with Crippen LogP contribution in [0.3, 0.4) is 0 Å². The molecule has 0 bridgehead atoms. The zero-order valence-corrected chi connectivity index (χ0v) is 24.3. The Morgan fingerprint density at radius 3 is 1.63 bits per heavy atom. The molecule has 3 heteroatoms. The zero-order chi connectivity index (χ0) is 23.3. The molecule has 0 unspecified atom stereocenters. The van der Waals surface area contributed by atoms with Crippen LogP contribution in [0.25, 0.3) is 32.3 Å². The van der Waals surface area contributed by atoms with Crippen molar-refractivity contribution < 1.29 is 51.0 Å². The first kappa shape index (κ1) is 35.2. The molecule has 0 saturated carbocycles. The first-order chi connectivity index (χ1) is 16.9. The summed E-state index contributed by atoms with van der Waals surface area (Å²) in [6, 6.07) is 48.9. The zero-order valence-electron chi connectivity index (χ0n) is 20.3. The van der Waals surface area contributed by atoms with E-state index in [0.717, 1.165) is 6.42 Å². The van der Waals surface area contributed by atoms with Crippen LogP contribution in [-0.4, -0.2) is 0 Å². The van der Waals surface area contributed by atoms with Crippen molar-refractivity contribution >= 4 is 32.3 Å². The molecule has 0 atom stereocenters. The summed E-state index contributed by atoms with van der Waals surface area (Å²) in [5.41, 5.74) is 0. The van der Waals surface area contributed by atoms with E-state index in [0.29, 0.717) is 0 Å². The molecule has 0 aliphatic heterocycles. The number of rotatable bonds is 0. The second-order valence-electron chi connectivity index (χ2n) is 7.64. The molecule has 0 nitrogen and oxygen atoms in total. The van der Waals surface area contributed by atoms with E-state index in [9.17, 15) is 0 Å². The second kappa shape index (κ2) is 20.2. The average molecular weight is 613 g/mol. The third-order valence-electron chi connectivity index (χ3n) is 5.30. The summed E-state index contributed by atoms with van der Waals surface area (Å²) >= 11 is 0. The second-order valence-corrected chi connectivity index (χ2v) is 7.64. The maximum atomic E-state index is 2.99. The smallest absolute Gasteiger partial charge is 1.00 e. The van der Waals surface area contributed by atoms with Gasteiger partial charge in [-0.2, -0.15) is 78.9 Å². The van der Waals surface area contributed by atoms with Gasteiger partial charge in [-0.25, -0.2) is 12.2 Å². The van der Waals surface area contributed by atoms with Crippen LogP contribution in [0.5, 0.6) is 0 Å². The van der Waals surface area contributed by atoms with Gasteiger partial charge in [-0.1, -0.05) is 61.3 Å². The predicted octanol–water partition coefficient (Wildman–Crippen LogP) is 3.79. The van der Waals surface area contributed by atoms with Gasteiger partial charge in [0.2, 0.25) is 0 Å². The Labute approximate surface area is 259 Å². The Bertz CT molecular complexity index is 1370. The Hall–Kier alpha value is -2.83. The molecule has 0 fully saturated rings. The summed E-state index contributed by atoms with van der Waals surface area (Å²) in [4.78, 5) is 0. The molecule has 0 heterocycles. The monoisotopic (exact) mass is 610 g/mol. The van der Waals surface area contributed by atoms with E-state index in [1.165, 1.54) is 32.3 Å². The van der Waals surface area contributed by atoms with Crippen LogP contribution in [0.2, 0.25) is 0 Å². The summed E-state index contributed by atoms with van der Waals surface area (Å²) in [6.45, 7) is 0. The fourth-order valence-electron chi connectivity index (χ4n) is 3.75. The molecule has 0 aromatic heterocycles. The minimum Gasteiger partial charge on any atom is -1.00 e. The van der Waals surface area contributed by atoms with Crippen molar-refractivity contribution in [2.45, 2.75) is 13.8 Å². The van der Waals surface area contributed by atoms with Crippen LogP contribution in [0, 0.1) is 18.2 Å². The van der Waals surface area contributed by atoms with Gasteiger partial charge >= 0.3 is 26.2 Å². The van der Waals surface area contributed by atoms with Crippen LogP contribution >= 0.6 is 0 Å². The molecule has 0 saturated heterocycles. The number of fused-ring (bicyclic) bond motifs is 5. The van der Waals surface area contributed by atoms with Crippen molar-refractivity contribution in [1.82, 2.24) is 0 Å². The van der Waals surface area contributed by atoms with Gasteiger partial charge in [0.25, 0.3) is 0 Å². The minimum absolute atomic E-state index is 0. The Morgan fingerprint density at radius 1 is 0.579 bits per heavy atom. The van der Waals surface area contributed by atoms with Crippen molar-refractivity contribution in [3.05, 3.63) is 164 Å². The molecule has 0 radical (unpaired) electrons. The summed E-state index contributed by atoms with van der Waals surface area (Å²) in [5, 5.41) is 8.09. The molecule has 0 spiro atoms. The molecule has 6 aromatic rings. The van der Waals surface area contributed by atoms with Gasteiger partial charge in [0.1, 0.15) is 0 Å². The van der Waals surface area contributed by atoms with E-state index in [1.807, 2.05) is 72.8 Å².